The van der Waals surface area contributed by atoms with Crippen molar-refractivity contribution in [3.8, 4) is 27.6 Å². The highest BCUT2D eigenvalue weighted by Gasteiger charge is 2.19. The van der Waals surface area contributed by atoms with Crippen LogP contribution < -0.4 is 4.74 Å². The van der Waals surface area contributed by atoms with Gasteiger partial charge in [0.15, 0.2) is 12.2 Å². The normalized spacial score (nSPS) is 11.1. The molecule has 0 bridgehead atoms. The Balaban J connectivity index is 2.07. The molecule has 0 unspecified atom stereocenters. The van der Waals surface area contributed by atoms with E-state index in [1.165, 1.54) is 6.39 Å². The van der Waals surface area contributed by atoms with Gasteiger partial charge >= 0.3 is 5.97 Å². The highest BCUT2D eigenvalue weighted by atomic mass is 32.1. The van der Waals surface area contributed by atoms with Gasteiger partial charge in [0.25, 0.3) is 0 Å². The SMILES string of the molecule is Cc1ncoc1-c1cc(-c2nc(C)c(C(=O)O)s2)ccc1OCC(C)C. The highest BCUT2D eigenvalue weighted by molar-refractivity contribution is 7.17. The largest absolute Gasteiger partial charge is 0.493 e. The van der Waals surface area contributed by atoms with Gasteiger partial charge in [0.05, 0.1) is 23.6 Å². The number of ether oxygens (including phenoxy) is 1. The molecule has 26 heavy (non-hydrogen) atoms. The summed E-state index contributed by atoms with van der Waals surface area (Å²) in [5.41, 5.74) is 2.87. The fraction of sp³-hybridized carbons (Fsp3) is 0.316. The van der Waals surface area contributed by atoms with Gasteiger partial charge in [-0.3, -0.25) is 0 Å². The van der Waals surface area contributed by atoms with Crippen LogP contribution in [-0.4, -0.2) is 27.7 Å². The molecule has 0 fully saturated rings. The Kier molecular flexibility index (Phi) is 5.08. The van der Waals surface area contributed by atoms with Crippen LogP contribution >= 0.6 is 11.3 Å². The fourth-order valence-electron chi connectivity index (χ4n) is 2.50. The Labute approximate surface area is 155 Å². The second-order valence-electron chi connectivity index (χ2n) is 6.42. The van der Waals surface area contributed by atoms with E-state index in [0.29, 0.717) is 34.7 Å². The summed E-state index contributed by atoms with van der Waals surface area (Å²) in [7, 11) is 0. The smallest absolute Gasteiger partial charge is 0.347 e. The predicted octanol–water partition coefficient (Wildman–Crippen LogP) is 4.81. The fourth-order valence-corrected chi connectivity index (χ4v) is 3.40. The molecular formula is C19H20N2O4S. The number of hydrogen-bond donors (Lipinski definition) is 1. The van der Waals surface area contributed by atoms with Crippen molar-refractivity contribution in [1.29, 1.82) is 0 Å². The van der Waals surface area contributed by atoms with Crippen molar-refractivity contribution < 1.29 is 19.1 Å². The zero-order chi connectivity index (χ0) is 18.8. The summed E-state index contributed by atoms with van der Waals surface area (Å²) in [6.07, 6.45) is 1.40. The highest BCUT2D eigenvalue weighted by Crippen LogP contribution is 2.37. The van der Waals surface area contributed by atoms with E-state index in [1.54, 1.807) is 6.92 Å². The lowest BCUT2D eigenvalue weighted by molar-refractivity contribution is 0.0701. The molecule has 1 N–H and O–H groups in total. The van der Waals surface area contributed by atoms with Crippen molar-refractivity contribution in [2.75, 3.05) is 6.61 Å². The lowest BCUT2D eigenvalue weighted by Crippen LogP contribution is -2.05. The zero-order valence-electron chi connectivity index (χ0n) is 15.1. The molecule has 1 aromatic carbocycles. The van der Waals surface area contributed by atoms with Crippen LogP contribution in [0.25, 0.3) is 21.9 Å². The minimum absolute atomic E-state index is 0.248. The standard InChI is InChI=1S/C19H20N2O4S/c1-10(2)8-24-15-6-5-13(7-14(15)16-11(3)20-9-25-16)18-21-12(4)17(26-18)19(22)23/h5-7,9-10H,8H2,1-4H3,(H,22,23). The number of nitrogens with zero attached hydrogens (tertiary/aromatic N) is 2. The number of aryl methyl sites for hydroxylation is 2. The van der Waals surface area contributed by atoms with E-state index in [4.69, 9.17) is 9.15 Å². The first-order valence-electron chi connectivity index (χ1n) is 8.25. The van der Waals surface area contributed by atoms with E-state index in [0.717, 1.165) is 28.2 Å². The molecule has 0 spiro atoms. The van der Waals surface area contributed by atoms with Crippen molar-refractivity contribution in [2.45, 2.75) is 27.7 Å². The van der Waals surface area contributed by atoms with E-state index in [9.17, 15) is 9.90 Å². The van der Waals surface area contributed by atoms with Crippen molar-refractivity contribution in [3.63, 3.8) is 0 Å². The number of carboxylic acid groups (broad SMARTS) is 1. The van der Waals surface area contributed by atoms with Crippen molar-refractivity contribution in [2.24, 2.45) is 5.92 Å². The van der Waals surface area contributed by atoms with Crippen LogP contribution in [0.15, 0.2) is 29.0 Å². The van der Waals surface area contributed by atoms with E-state index in [1.807, 2.05) is 25.1 Å². The first-order valence-corrected chi connectivity index (χ1v) is 9.07. The summed E-state index contributed by atoms with van der Waals surface area (Å²) < 4.78 is 11.5. The van der Waals surface area contributed by atoms with Gasteiger partial charge in [0.2, 0.25) is 0 Å². The third-order valence-corrected chi connectivity index (χ3v) is 4.97. The number of benzene rings is 1. The number of rotatable bonds is 6. The average Bonchev–Trinajstić information content (AvgIpc) is 3.18. The zero-order valence-corrected chi connectivity index (χ0v) is 15.9. The summed E-state index contributed by atoms with van der Waals surface area (Å²) in [4.78, 5) is 20.1. The lowest BCUT2D eigenvalue weighted by Gasteiger charge is -2.13. The molecule has 136 valence electrons. The van der Waals surface area contributed by atoms with Crippen LogP contribution in [-0.2, 0) is 0 Å². The number of hydrogen-bond acceptors (Lipinski definition) is 6. The number of thiazole rings is 1. The van der Waals surface area contributed by atoms with E-state index >= 15 is 0 Å². The second kappa shape index (κ2) is 7.29. The van der Waals surface area contributed by atoms with Gasteiger partial charge < -0.3 is 14.3 Å². The maximum Gasteiger partial charge on any atom is 0.347 e. The van der Waals surface area contributed by atoms with E-state index < -0.39 is 5.97 Å². The van der Waals surface area contributed by atoms with Gasteiger partial charge in [0, 0.05) is 5.56 Å². The molecule has 3 aromatic rings. The molecule has 0 amide bonds. The molecule has 2 heterocycles. The van der Waals surface area contributed by atoms with Crippen molar-refractivity contribution in [1.82, 2.24) is 9.97 Å². The molecule has 2 aromatic heterocycles. The maximum absolute atomic E-state index is 11.3. The lowest BCUT2D eigenvalue weighted by atomic mass is 10.1. The summed E-state index contributed by atoms with van der Waals surface area (Å²) >= 11 is 1.16. The van der Waals surface area contributed by atoms with E-state index in [-0.39, 0.29) is 4.88 Å². The van der Waals surface area contributed by atoms with Crippen LogP contribution in [0.5, 0.6) is 5.75 Å². The second-order valence-corrected chi connectivity index (χ2v) is 7.42. The molecule has 0 aliphatic carbocycles. The van der Waals surface area contributed by atoms with Gasteiger partial charge in [-0.15, -0.1) is 11.3 Å². The Morgan fingerprint density at radius 2 is 2.08 bits per heavy atom. The monoisotopic (exact) mass is 372 g/mol. The molecule has 6 nitrogen and oxygen atoms in total. The molecule has 0 aliphatic heterocycles. The third kappa shape index (κ3) is 3.62. The molecule has 0 saturated heterocycles. The quantitative estimate of drug-likeness (QED) is 0.668. The molecule has 0 radical (unpaired) electrons. The Morgan fingerprint density at radius 3 is 2.65 bits per heavy atom. The van der Waals surface area contributed by atoms with Crippen LogP contribution in [0.4, 0.5) is 0 Å². The van der Waals surface area contributed by atoms with Gasteiger partial charge in [-0.25, -0.2) is 14.8 Å². The van der Waals surface area contributed by atoms with Crippen LogP contribution in [0.3, 0.4) is 0 Å². The number of aromatic nitrogens is 2. The van der Waals surface area contributed by atoms with Gasteiger partial charge in [-0.2, -0.15) is 0 Å². The number of carbonyl (C=O) groups is 1. The van der Waals surface area contributed by atoms with Crippen LogP contribution in [0.1, 0.15) is 34.9 Å². The summed E-state index contributed by atoms with van der Waals surface area (Å²) in [6, 6.07) is 5.66. The Hall–Kier alpha value is -2.67. The topological polar surface area (TPSA) is 85.5 Å². The molecule has 0 atom stereocenters. The van der Waals surface area contributed by atoms with Crippen LogP contribution in [0, 0.1) is 19.8 Å². The summed E-state index contributed by atoms with van der Waals surface area (Å²) in [6.45, 7) is 8.32. The van der Waals surface area contributed by atoms with Crippen LogP contribution in [0.2, 0.25) is 0 Å². The molecule has 0 aliphatic rings. The third-order valence-electron chi connectivity index (χ3n) is 3.78. The Bertz CT molecular complexity index is 943. The number of oxazole rings is 1. The number of aromatic carboxylic acids is 1. The Morgan fingerprint density at radius 1 is 1.31 bits per heavy atom. The first kappa shape index (κ1) is 18.1. The molecule has 7 heteroatoms. The van der Waals surface area contributed by atoms with Gasteiger partial charge in [-0.05, 0) is 38.0 Å². The van der Waals surface area contributed by atoms with Crippen molar-refractivity contribution in [3.05, 3.63) is 40.9 Å². The van der Waals surface area contributed by atoms with Gasteiger partial charge in [-0.1, -0.05) is 13.8 Å². The average molecular weight is 372 g/mol. The van der Waals surface area contributed by atoms with Gasteiger partial charge in [0.1, 0.15) is 15.6 Å². The minimum atomic E-state index is -0.963. The molecule has 3 rings (SSSR count). The van der Waals surface area contributed by atoms with Crippen molar-refractivity contribution >= 4 is 17.3 Å². The maximum atomic E-state index is 11.3. The summed E-state index contributed by atoms with van der Waals surface area (Å²) in [5, 5.41) is 9.91. The predicted molar refractivity (Wildman–Crippen MR) is 99.8 cm³/mol. The first-order chi connectivity index (χ1) is 12.4. The molecular weight excluding hydrogens is 352 g/mol. The van der Waals surface area contributed by atoms with E-state index in [2.05, 4.69) is 23.8 Å². The minimum Gasteiger partial charge on any atom is -0.493 e. The number of carboxylic acids is 1. The molecule has 0 saturated carbocycles. The summed E-state index contributed by atoms with van der Waals surface area (Å²) in [5.74, 6) is 0.763.